The van der Waals surface area contributed by atoms with Gasteiger partial charge in [0.1, 0.15) is 5.92 Å². The lowest BCUT2D eigenvalue weighted by Crippen LogP contribution is -2.53. The van der Waals surface area contributed by atoms with E-state index in [1.54, 1.807) is 4.90 Å². The molecule has 0 saturated carbocycles. The minimum Gasteiger partial charge on any atom is -0.481 e. The monoisotopic (exact) mass is 296 g/mol. The Bertz CT molecular complexity index is 410. The summed E-state index contributed by atoms with van der Waals surface area (Å²) in [6.45, 7) is 3.01. The highest BCUT2D eigenvalue weighted by Crippen LogP contribution is 2.21. The zero-order valence-corrected chi connectivity index (χ0v) is 12.5. The fraction of sp³-hybridized carbons (Fsp3) is 0.733. The number of hydrogen-bond donors (Lipinski definition) is 2. The van der Waals surface area contributed by atoms with Crippen LogP contribution in [0.15, 0.2) is 12.2 Å². The molecule has 6 nitrogen and oxygen atoms in total. The van der Waals surface area contributed by atoms with Crippen molar-refractivity contribution in [3.05, 3.63) is 12.2 Å². The lowest BCUT2D eigenvalue weighted by atomic mass is 10.0. The minimum absolute atomic E-state index is 0.146. The summed E-state index contributed by atoms with van der Waals surface area (Å²) in [5.74, 6) is -1.53. The number of carbonyl (C=O) groups is 2. The molecule has 2 rings (SSSR count). The van der Waals surface area contributed by atoms with Crippen LogP contribution in [0, 0.1) is 5.92 Å². The Morgan fingerprint density at radius 2 is 2.19 bits per heavy atom. The van der Waals surface area contributed by atoms with Gasteiger partial charge in [-0.25, -0.2) is 4.79 Å². The molecule has 1 aliphatic carbocycles. The molecule has 1 saturated heterocycles. The fourth-order valence-corrected chi connectivity index (χ4v) is 2.93. The fourth-order valence-electron chi connectivity index (χ4n) is 2.93. The number of aliphatic carboxylic acids is 1. The Kier molecular flexibility index (Phi) is 5.61. The first-order valence-electron chi connectivity index (χ1n) is 7.66. The molecule has 3 unspecified atom stereocenters. The van der Waals surface area contributed by atoms with Crippen molar-refractivity contribution in [1.29, 1.82) is 0 Å². The van der Waals surface area contributed by atoms with Gasteiger partial charge in [-0.1, -0.05) is 19.1 Å². The maximum atomic E-state index is 12.5. The summed E-state index contributed by atoms with van der Waals surface area (Å²) in [6.07, 6.45) is 7.75. The van der Waals surface area contributed by atoms with E-state index in [0.29, 0.717) is 13.2 Å². The Balaban J connectivity index is 2.01. The van der Waals surface area contributed by atoms with E-state index >= 15 is 0 Å². The number of rotatable bonds is 5. The van der Waals surface area contributed by atoms with E-state index in [-0.39, 0.29) is 24.7 Å². The van der Waals surface area contributed by atoms with Crippen LogP contribution < -0.4 is 5.32 Å². The molecule has 0 bridgehead atoms. The molecule has 0 radical (unpaired) electrons. The molecule has 2 N–H and O–H groups in total. The molecule has 1 fully saturated rings. The van der Waals surface area contributed by atoms with E-state index in [1.807, 2.05) is 6.92 Å². The van der Waals surface area contributed by atoms with Crippen LogP contribution in [0.1, 0.15) is 32.6 Å². The molecule has 2 amide bonds. The topological polar surface area (TPSA) is 78.9 Å². The number of carbonyl (C=O) groups excluding carboxylic acids is 1. The van der Waals surface area contributed by atoms with Gasteiger partial charge < -0.3 is 20.1 Å². The van der Waals surface area contributed by atoms with E-state index in [0.717, 1.165) is 25.7 Å². The van der Waals surface area contributed by atoms with E-state index in [9.17, 15) is 14.7 Å². The number of urea groups is 1. The standard InChI is InChI=1S/C15H24N2O4/c1-2-8-17(13-10-21-9-12(13)14(18)19)15(20)16-11-6-4-3-5-7-11/h3-4,11-13H,2,5-10H2,1H3,(H,16,20)(H,18,19). The molecule has 0 aromatic heterocycles. The molecule has 6 heteroatoms. The number of carboxylic acids is 1. The number of nitrogens with zero attached hydrogens (tertiary/aromatic N) is 1. The number of allylic oxidation sites excluding steroid dienone is 1. The van der Waals surface area contributed by atoms with Crippen LogP contribution in [0.5, 0.6) is 0 Å². The van der Waals surface area contributed by atoms with Crippen molar-refractivity contribution in [2.75, 3.05) is 19.8 Å². The van der Waals surface area contributed by atoms with Crippen LogP contribution in [0.25, 0.3) is 0 Å². The molecular formula is C15H24N2O4. The Labute approximate surface area is 125 Å². The molecule has 21 heavy (non-hydrogen) atoms. The van der Waals surface area contributed by atoms with Gasteiger partial charge in [-0.15, -0.1) is 0 Å². The molecule has 0 aromatic carbocycles. The summed E-state index contributed by atoms with van der Waals surface area (Å²) in [4.78, 5) is 25.4. The zero-order chi connectivity index (χ0) is 15.2. The summed E-state index contributed by atoms with van der Waals surface area (Å²) < 4.78 is 5.28. The van der Waals surface area contributed by atoms with Gasteiger partial charge in [0.15, 0.2) is 0 Å². The zero-order valence-electron chi connectivity index (χ0n) is 12.5. The van der Waals surface area contributed by atoms with Crippen molar-refractivity contribution in [3.8, 4) is 0 Å². The average Bonchev–Trinajstić information content (AvgIpc) is 2.95. The number of carboxylic acid groups (broad SMARTS) is 1. The summed E-state index contributed by atoms with van der Waals surface area (Å²) in [5, 5.41) is 12.3. The Hall–Kier alpha value is -1.56. The number of hydrogen-bond acceptors (Lipinski definition) is 3. The molecule has 1 aliphatic heterocycles. The summed E-state index contributed by atoms with van der Waals surface area (Å²) in [6, 6.07) is -0.395. The second-order valence-corrected chi connectivity index (χ2v) is 5.67. The lowest BCUT2D eigenvalue weighted by molar-refractivity contribution is -0.142. The van der Waals surface area contributed by atoms with Crippen LogP contribution >= 0.6 is 0 Å². The Morgan fingerprint density at radius 1 is 1.38 bits per heavy atom. The van der Waals surface area contributed by atoms with Gasteiger partial charge in [-0.2, -0.15) is 0 Å². The quantitative estimate of drug-likeness (QED) is 0.756. The van der Waals surface area contributed by atoms with Crippen LogP contribution in [0.4, 0.5) is 4.79 Å². The second kappa shape index (κ2) is 7.45. The first-order valence-corrected chi connectivity index (χ1v) is 7.66. The van der Waals surface area contributed by atoms with E-state index in [4.69, 9.17) is 4.74 Å². The summed E-state index contributed by atoms with van der Waals surface area (Å²) in [7, 11) is 0. The largest absolute Gasteiger partial charge is 0.481 e. The Morgan fingerprint density at radius 3 is 2.81 bits per heavy atom. The van der Waals surface area contributed by atoms with Gasteiger partial charge in [0.05, 0.1) is 19.3 Å². The number of ether oxygens (including phenoxy) is 1. The third-order valence-corrected chi connectivity index (χ3v) is 4.09. The van der Waals surface area contributed by atoms with E-state index in [2.05, 4.69) is 17.5 Å². The molecular weight excluding hydrogens is 272 g/mol. The second-order valence-electron chi connectivity index (χ2n) is 5.67. The predicted molar refractivity (Wildman–Crippen MR) is 78.0 cm³/mol. The first kappa shape index (κ1) is 15.8. The van der Waals surface area contributed by atoms with Gasteiger partial charge in [0.2, 0.25) is 0 Å². The third-order valence-electron chi connectivity index (χ3n) is 4.09. The molecule has 0 spiro atoms. The predicted octanol–water partition coefficient (Wildman–Crippen LogP) is 1.62. The molecule has 1 heterocycles. The van der Waals surface area contributed by atoms with Crippen molar-refractivity contribution in [3.63, 3.8) is 0 Å². The lowest BCUT2D eigenvalue weighted by Gasteiger charge is -2.32. The van der Waals surface area contributed by atoms with Crippen molar-refractivity contribution in [2.24, 2.45) is 5.92 Å². The smallest absolute Gasteiger partial charge is 0.317 e. The highest BCUT2D eigenvalue weighted by Gasteiger charge is 2.40. The average molecular weight is 296 g/mol. The molecule has 118 valence electrons. The van der Waals surface area contributed by atoms with E-state index in [1.165, 1.54) is 0 Å². The number of nitrogens with one attached hydrogen (secondary N) is 1. The van der Waals surface area contributed by atoms with Gasteiger partial charge >= 0.3 is 12.0 Å². The normalized spacial score (nSPS) is 28.3. The summed E-state index contributed by atoms with van der Waals surface area (Å²) >= 11 is 0. The first-order chi connectivity index (χ1) is 10.1. The molecule has 0 aromatic rings. The maximum Gasteiger partial charge on any atom is 0.317 e. The minimum atomic E-state index is -0.896. The van der Waals surface area contributed by atoms with Crippen molar-refractivity contribution in [1.82, 2.24) is 10.2 Å². The molecule has 3 atom stereocenters. The third kappa shape index (κ3) is 3.97. The van der Waals surface area contributed by atoms with Crippen molar-refractivity contribution >= 4 is 12.0 Å². The number of amides is 2. The van der Waals surface area contributed by atoms with Crippen LogP contribution in [-0.4, -0.2) is 53.8 Å². The van der Waals surface area contributed by atoms with E-state index < -0.39 is 11.9 Å². The van der Waals surface area contributed by atoms with Crippen molar-refractivity contribution < 1.29 is 19.4 Å². The molecule has 2 aliphatic rings. The highest BCUT2D eigenvalue weighted by molar-refractivity contribution is 5.77. The van der Waals surface area contributed by atoms with Crippen molar-refractivity contribution in [2.45, 2.75) is 44.7 Å². The highest BCUT2D eigenvalue weighted by atomic mass is 16.5. The van der Waals surface area contributed by atoms with Crippen LogP contribution in [0.2, 0.25) is 0 Å². The SMILES string of the molecule is CCCN(C(=O)NC1CC=CCC1)C1COCC1C(=O)O. The summed E-state index contributed by atoms with van der Waals surface area (Å²) in [5.41, 5.74) is 0. The van der Waals surface area contributed by atoms with Gasteiger partial charge in [0.25, 0.3) is 0 Å². The van der Waals surface area contributed by atoms with Crippen LogP contribution in [0.3, 0.4) is 0 Å². The maximum absolute atomic E-state index is 12.5. The van der Waals surface area contributed by atoms with Gasteiger partial charge in [-0.05, 0) is 25.7 Å². The van der Waals surface area contributed by atoms with Gasteiger partial charge in [0, 0.05) is 12.6 Å². The van der Waals surface area contributed by atoms with Crippen LogP contribution in [-0.2, 0) is 9.53 Å². The van der Waals surface area contributed by atoms with Gasteiger partial charge in [-0.3, -0.25) is 4.79 Å².